The summed E-state index contributed by atoms with van der Waals surface area (Å²) in [7, 11) is 1.04. The summed E-state index contributed by atoms with van der Waals surface area (Å²) in [6.45, 7) is 1.23. The maximum atomic E-state index is 12.6. The van der Waals surface area contributed by atoms with Crippen molar-refractivity contribution in [2.75, 3.05) is 7.11 Å². The van der Waals surface area contributed by atoms with Crippen LogP contribution in [0.3, 0.4) is 0 Å². The zero-order valence-corrected chi connectivity index (χ0v) is 9.05. The number of carbonyl (C=O) groups excluding carboxylic acids is 1. The molecule has 0 unspecified atom stereocenters. The van der Waals surface area contributed by atoms with E-state index in [1.165, 1.54) is 6.92 Å². The Morgan fingerprint density at radius 1 is 1.41 bits per heavy atom. The van der Waals surface area contributed by atoms with E-state index in [4.69, 9.17) is 5.26 Å². The Bertz CT molecular complexity index is 501. The van der Waals surface area contributed by atoms with Crippen molar-refractivity contribution in [1.29, 1.82) is 5.26 Å². The molecule has 0 amide bonds. The van der Waals surface area contributed by atoms with Gasteiger partial charge in [-0.2, -0.15) is 18.4 Å². The summed E-state index contributed by atoms with van der Waals surface area (Å²) in [5.74, 6) is -0.966. The first-order chi connectivity index (χ1) is 7.81. The molecule has 0 aliphatic carbocycles. The van der Waals surface area contributed by atoms with E-state index in [1.54, 1.807) is 6.07 Å². The third-order valence-corrected chi connectivity index (χ3v) is 2.20. The molecule has 0 atom stereocenters. The van der Waals surface area contributed by atoms with Crippen molar-refractivity contribution in [3.05, 3.63) is 34.4 Å². The van der Waals surface area contributed by atoms with E-state index in [-0.39, 0.29) is 16.7 Å². The molecule has 0 radical (unpaired) electrons. The lowest BCUT2D eigenvalue weighted by atomic mass is 9.99. The zero-order chi connectivity index (χ0) is 13.2. The third kappa shape index (κ3) is 2.56. The van der Waals surface area contributed by atoms with Crippen molar-refractivity contribution in [1.82, 2.24) is 0 Å². The van der Waals surface area contributed by atoms with E-state index in [0.717, 1.165) is 13.2 Å². The Labute approximate surface area is 95.4 Å². The van der Waals surface area contributed by atoms with Crippen LogP contribution in [0, 0.1) is 18.3 Å². The van der Waals surface area contributed by atoms with Gasteiger partial charge in [-0.3, -0.25) is 0 Å². The van der Waals surface area contributed by atoms with Crippen molar-refractivity contribution < 1.29 is 22.7 Å². The van der Waals surface area contributed by atoms with Crippen molar-refractivity contribution in [3.8, 4) is 6.07 Å². The van der Waals surface area contributed by atoms with Gasteiger partial charge in [-0.1, -0.05) is 0 Å². The molecular weight excluding hydrogens is 235 g/mol. The number of rotatable bonds is 1. The summed E-state index contributed by atoms with van der Waals surface area (Å²) < 4.78 is 42.1. The molecule has 0 bridgehead atoms. The van der Waals surface area contributed by atoms with Crippen molar-refractivity contribution in [2.45, 2.75) is 13.1 Å². The Balaban J connectivity index is 3.50. The van der Waals surface area contributed by atoms with Crippen LogP contribution >= 0.6 is 0 Å². The molecule has 1 aromatic rings. The summed E-state index contributed by atoms with van der Waals surface area (Å²) >= 11 is 0. The van der Waals surface area contributed by atoms with Crippen molar-refractivity contribution in [3.63, 3.8) is 0 Å². The maximum absolute atomic E-state index is 12.6. The summed E-state index contributed by atoms with van der Waals surface area (Å²) in [6.07, 6.45) is -4.57. The molecule has 90 valence electrons. The zero-order valence-electron chi connectivity index (χ0n) is 9.05. The fraction of sp³-hybridized carbons (Fsp3) is 0.273. The molecule has 6 heteroatoms. The van der Waals surface area contributed by atoms with E-state index in [2.05, 4.69) is 4.74 Å². The van der Waals surface area contributed by atoms with Crippen LogP contribution in [0.25, 0.3) is 0 Å². The average Bonchev–Trinajstić information content (AvgIpc) is 2.25. The number of ether oxygens (including phenoxy) is 1. The minimum atomic E-state index is -4.57. The van der Waals surface area contributed by atoms with Crippen molar-refractivity contribution >= 4 is 5.97 Å². The Hall–Kier alpha value is -2.03. The maximum Gasteiger partial charge on any atom is 0.416 e. The number of alkyl halides is 3. The number of methoxy groups -OCH3 is 1. The highest BCUT2D eigenvalue weighted by Crippen LogP contribution is 2.33. The summed E-state index contributed by atoms with van der Waals surface area (Å²) in [6, 6.07) is 3.32. The number of esters is 1. The molecule has 0 fully saturated rings. The highest BCUT2D eigenvalue weighted by Gasteiger charge is 2.34. The molecule has 0 saturated heterocycles. The second-order valence-electron chi connectivity index (χ2n) is 3.31. The van der Waals surface area contributed by atoms with Gasteiger partial charge >= 0.3 is 12.1 Å². The van der Waals surface area contributed by atoms with Crippen LogP contribution in [-0.2, 0) is 10.9 Å². The van der Waals surface area contributed by atoms with Crippen LogP contribution in [0.15, 0.2) is 12.1 Å². The smallest absolute Gasteiger partial charge is 0.416 e. The Morgan fingerprint density at radius 2 is 2.00 bits per heavy atom. The van der Waals surface area contributed by atoms with Gasteiger partial charge in [-0.05, 0) is 24.6 Å². The van der Waals surface area contributed by atoms with Crippen LogP contribution in [-0.4, -0.2) is 13.1 Å². The highest BCUT2D eigenvalue weighted by molar-refractivity contribution is 5.92. The van der Waals surface area contributed by atoms with E-state index in [9.17, 15) is 18.0 Å². The van der Waals surface area contributed by atoms with E-state index < -0.39 is 17.7 Å². The Kier molecular flexibility index (Phi) is 3.42. The third-order valence-electron chi connectivity index (χ3n) is 2.20. The molecule has 0 aliphatic rings. The molecular formula is C11H8F3NO2. The second-order valence-corrected chi connectivity index (χ2v) is 3.31. The summed E-state index contributed by atoms with van der Waals surface area (Å²) in [5.41, 5.74) is -1.58. The molecule has 0 spiro atoms. The molecule has 0 N–H and O–H groups in total. The normalized spacial score (nSPS) is 10.8. The van der Waals surface area contributed by atoms with E-state index in [1.807, 2.05) is 0 Å². The topological polar surface area (TPSA) is 50.1 Å². The monoisotopic (exact) mass is 243 g/mol. The predicted molar refractivity (Wildman–Crippen MR) is 52.2 cm³/mol. The van der Waals surface area contributed by atoms with Crippen LogP contribution in [0.5, 0.6) is 0 Å². The number of aryl methyl sites for hydroxylation is 1. The second kappa shape index (κ2) is 4.45. The summed E-state index contributed by atoms with van der Waals surface area (Å²) in [5, 5.41) is 8.74. The van der Waals surface area contributed by atoms with E-state index in [0.29, 0.717) is 6.07 Å². The largest absolute Gasteiger partial charge is 0.465 e. The molecule has 0 heterocycles. The predicted octanol–water partition coefficient (Wildman–Crippen LogP) is 2.67. The van der Waals surface area contributed by atoms with Gasteiger partial charge in [-0.25, -0.2) is 4.79 Å². The van der Waals surface area contributed by atoms with E-state index >= 15 is 0 Å². The molecule has 1 aromatic carbocycles. The number of hydrogen-bond donors (Lipinski definition) is 0. The number of hydrogen-bond acceptors (Lipinski definition) is 3. The van der Waals surface area contributed by atoms with Gasteiger partial charge in [0.2, 0.25) is 0 Å². The fourth-order valence-corrected chi connectivity index (χ4v) is 1.38. The standard InChI is InChI=1S/C11H8F3NO2/c1-6-3-7(5-15)8(10(16)17-2)4-9(6)11(12,13)14/h3-4H,1-2H3. The van der Waals surface area contributed by atoms with Gasteiger partial charge in [0.05, 0.1) is 23.8 Å². The van der Waals surface area contributed by atoms with Crippen LogP contribution < -0.4 is 0 Å². The fourth-order valence-electron chi connectivity index (χ4n) is 1.38. The lowest BCUT2D eigenvalue weighted by Crippen LogP contribution is -2.12. The average molecular weight is 243 g/mol. The van der Waals surface area contributed by atoms with Crippen LogP contribution in [0.2, 0.25) is 0 Å². The van der Waals surface area contributed by atoms with Gasteiger partial charge in [0.25, 0.3) is 0 Å². The number of nitriles is 1. The highest BCUT2D eigenvalue weighted by atomic mass is 19.4. The minimum absolute atomic E-state index is 0.110. The van der Waals surface area contributed by atoms with Gasteiger partial charge in [0, 0.05) is 0 Å². The van der Waals surface area contributed by atoms with Gasteiger partial charge in [0.1, 0.15) is 6.07 Å². The first-order valence-electron chi connectivity index (χ1n) is 4.51. The number of nitrogens with zero attached hydrogens (tertiary/aromatic N) is 1. The molecule has 0 aromatic heterocycles. The van der Waals surface area contributed by atoms with Crippen molar-refractivity contribution in [2.24, 2.45) is 0 Å². The first-order valence-corrected chi connectivity index (χ1v) is 4.51. The van der Waals surface area contributed by atoms with Gasteiger partial charge < -0.3 is 4.74 Å². The number of carbonyl (C=O) groups is 1. The van der Waals surface area contributed by atoms with Crippen LogP contribution in [0.1, 0.15) is 27.0 Å². The Morgan fingerprint density at radius 3 is 2.41 bits per heavy atom. The molecule has 0 aliphatic heterocycles. The SMILES string of the molecule is COC(=O)c1cc(C(F)(F)F)c(C)cc1C#N. The molecule has 0 saturated carbocycles. The van der Waals surface area contributed by atoms with Crippen LogP contribution in [0.4, 0.5) is 13.2 Å². The molecule has 3 nitrogen and oxygen atoms in total. The number of benzene rings is 1. The number of halogens is 3. The lowest BCUT2D eigenvalue weighted by molar-refractivity contribution is -0.138. The first kappa shape index (κ1) is 13.0. The molecule has 1 rings (SSSR count). The lowest BCUT2D eigenvalue weighted by Gasteiger charge is -2.12. The van der Waals surface area contributed by atoms with Gasteiger partial charge in [-0.15, -0.1) is 0 Å². The molecule has 17 heavy (non-hydrogen) atoms. The summed E-state index contributed by atoms with van der Waals surface area (Å²) in [4.78, 5) is 11.2. The quantitative estimate of drug-likeness (QED) is 0.712. The van der Waals surface area contributed by atoms with Gasteiger partial charge in [0.15, 0.2) is 0 Å². The minimum Gasteiger partial charge on any atom is -0.465 e.